The molecule has 0 atom stereocenters. The summed E-state index contributed by atoms with van der Waals surface area (Å²) < 4.78 is 1.87. The van der Waals surface area contributed by atoms with Gasteiger partial charge in [0.1, 0.15) is 11.4 Å². The van der Waals surface area contributed by atoms with Gasteiger partial charge in [0, 0.05) is 18.8 Å². The number of aromatic hydroxyl groups is 1. The number of carbonyl (C=O) groups is 1. The third-order valence-corrected chi connectivity index (χ3v) is 3.29. The molecule has 0 bridgehead atoms. The summed E-state index contributed by atoms with van der Waals surface area (Å²) in [5.74, 6) is 0.118. The van der Waals surface area contributed by atoms with Crippen molar-refractivity contribution in [3.63, 3.8) is 0 Å². The summed E-state index contributed by atoms with van der Waals surface area (Å²) in [6.45, 7) is 4.55. The molecule has 1 heterocycles. The first-order valence-corrected chi connectivity index (χ1v) is 7.01. The second-order valence-electron chi connectivity index (χ2n) is 5.33. The largest absolute Gasteiger partial charge is 0.508 e. The standard InChI is InChI=1S/C16H21N3O2/c1-11(2)19-10-13(17)9-15(19)16(21)18-8-7-12-3-5-14(20)6-4-12/h3-6,9-11,20H,7-8,17H2,1-2H3,(H,18,21). The lowest BCUT2D eigenvalue weighted by Gasteiger charge is -2.12. The maximum atomic E-state index is 12.2. The summed E-state index contributed by atoms with van der Waals surface area (Å²) in [4.78, 5) is 12.2. The fraction of sp³-hybridized carbons (Fsp3) is 0.312. The predicted octanol–water partition coefficient (Wildman–Crippen LogP) is 2.33. The number of carbonyl (C=O) groups excluding carboxylic acids is 1. The zero-order valence-corrected chi connectivity index (χ0v) is 12.3. The highest BCUT2D eigenvalue weighted by Gasteiger charge is 2.14. The summed E-state index contributed by atoms with van der Waals surface area (Å²) in [5.41, 5.74) is 7.99. The Morgan fingerprint density at radius 1 is 1.33 bits per heavy atom. The number of phenolic OH excluding ortho intramolecular Hbond substituents is 1. The van der Waals surface area contributed by atoms with E-state index >= 15 is 0 Å². The maximum absolute atomic E-state index is 12.2. The van der Waals surface area contributed by atoms with Gasteiger partial charge in [-0.25, -0.2) is 0 Å². The molecule has 0 spiro atoms. The van der Waals surface area contributed by atoms with Gasteiger partial charge in [-0.15, -0.1) is 0 Å². The highest BCUT2D eigenvalue weighted by atomic mass is 16.3. The number of phenols is 1. The lowest BCUT2D eigenvalue weighted by atomic mass is 10.1. The molecule has 0 unspecified atom stereocenters. The van der Waals surface area contributed by atoms with Crippen molar-refractivity contribution in [3.8, 4) is 5.75 Å². The Kier molecular flexibility index (Phi) is 4.52. The first-order valence-electron chi connectivity index (χ1n) is 7.01. The van der Waals surface area contributed by atoms with Crippen LogP contribution in [0.2, 0.25) is 0 Å². The van der Waals surface area contributed by atoms with Gasteiger partial charge in [-0.2, -0.15) is 0 Å². The van der Waals surface area contributed by atoms with Crippen LogP contribution in [0.1, 0.15) is 35.9 Å². The van der Waals surface area contributed by atoms with E-state index in [4.69, 9.17) is 5.73 Å². The molecule has 5 heteroatoms. The first-order chi connectivity index (χ1) is 9.97. The summed E-state index contributed by atoms with van der Waals surface area (Å²) in [6.07, 6.45) is 2.49. The number of benzene rings is 1. The van der Waals surface area contributed by atoms with Crippen LogP contribution >= 0.6 is 0 Å². The van der Waals surface area contributed by atoms with Gasteiger partial charge in [0.05, 0.1) is 5.69 Å². The summed E-state index contributed by atoms with van der Waals surface area (Å²) in [7, 11) is 0. The van der Waals surface area contributed by atoms with Gasteiger partial charge in [-0.05, 0) is 44.0 Å². The molecule has 0 aliphatic rings. The molecule has 0 aliphatic heterocycles. The molecular weight excluding hydrogens is 266 g/mol. The number of anilines is 1. The van der Waals surface area contributed by atoms with Crippen molar-refractivity contribution in [3.05, 3.63) is 47.8 Å². The van der Waals surface area contributed by atoms with Gasteiger partial charge in [-0.3, -0.25) is 4.79 Å². The number of nitrogens with one attached hydrogen (secondary N) is 1. The van der Waals surface area contributed by atoms with E-state index < -0.39 is 0 Å². The Morgan fingerprint density at radius 3 is 2.62 bits per heavy atom. The number of hydrogen-bond acceptors (Lipinski definition) is 3. The third-order valence-electron chi connectivity index (χ3n) is 3.29. The number of nitrogens with zero attached hydrogens (tertiary/aromatic N) is 1. The Morgan fingerprint density at radius 2 is 2.00 bits per heavy atom. The second-order valence-corrected chi connectivity index (χ2v) is 5.33. The smallest absolute Gasteiger partial charge is 0.268 e. The number of hydrogen-bond donors (Lipinski definition) is 3. The molecule has 5 nitrogen and oxygen atoms in total. The number of rotatable bonds is 5. The molecule has 0 aliphatic carbocycles. The van der Waals surface area contributed by atoms with Crippen LogP contribution in [-0.2, 0) is 6.42 Å². The van der Waals surface area contributed by atoms with E-state index in [0.29, 0.717) is 24.3 Å². The van der Waals surface area contributed by atoms with Crippen LogP contribution in [0.15, 0.2) is 36.5 Å². The lowest BCUT2D eigenvalue weighted by Crippen LogP contribution is -2.28. The molecule has 0 saturated heterocycles. The zero-order valence-electron chi connectivity index (χ0n) is 12.3. The molecule has 4 N–H and O–H groups in total. The van der Waals surface area contributed by atoms with Gasteiger partial charge in [0.15, 0.2) is 0 Å². The molecule has 2 rings (SSSR count). The van der Waals surface area contributed by atoms with E-state index in [9.17, 15) is 9.90 Å². The molecule has 1 aromatic carbocycles. The maximum Gasteiger partial charge on any atom is 0.268 e. The van der Waals surface area contributed by atoms with Crippen molar-refractivity contribution < 1.29 is 9.90 Å². The zero-order chi connectivity index (χ0) is 15.4. The van der Waals surface area contributed by atoms with Gasteiger partial charge in [0.25, 0.3) is 5.91 Å². The summed E-state index contributed by atoms with van der Waals surface area (Å²) in [6, 6.07) is 8.84. The van der Waals surface area contributed by atoms with Crippen LogP contribution in [0.25, 0.3) is 0 Å². The second kappa shape index (κ2) is 6.35. The molecular formula is C16H21N3O2. The molecule has 21 heavy (non-hydrogen) atoms. The molecule has 0 radical (unpaired) electrons. The summed E-state index contributed by atoms with van der Waals surface area (Å²) in [5, 5.41) is 12.1. The Hall–Kier alpha value is -2.43. The molecule has 1 amide bonds. The highest BCUT2D eigenvalue weighted by Crippen LogP contribution is 2.16. The van der Waals surface area contributed by atoms with E-state index in [1.807, 2.05) is 30.5 Å². The SMILES string of the molecule is CC(C)n1cc(N)cc1C(=O)NCCc1ccc(O)cc1. The topological polar surface area (TPSA) is 80.3 Å². The molecule has 0 saturated carbocycles. The highest BCUT2D eigenvalue weighted by molar-refractivity contribution is 5.93. The van der Waals surface area contributed by atoms with Crippen LogP contribution in [0, 0.1) is 0 Å². The van der Waals surface area contributed by atoms with Crippen LogP contribution in [0.4, 0.5) is 5.69 Å². The van der Waals surface area contributed by atoms with Crippen molar-refractivity contribution in [1.82, 2.24) is 9.88 Å². The van der Waals surface area contributed by atoms with Gasteiger partial charge in [-0.1, -0.05) is 12.1 Å². The van der Waals surface area contributed by atoms with Crippen molar-refractivity contribution in [2.45, 2.75) is 26.3 Å². The molecule has 112 valence electrons. The number of nitrogen functional groups attached to an aromatic ring is 1. The molecule has 2 aromatic rings. The minimum Gasteiger partial charge on any atom is -0.508 e. The van der Waals surface area contributed by atoms with Gasteiger partial charge >= 0.3 is 0 Å². The lowest BCUT2D eigenvalue weighted by molar-refractivity contribution is 0.0943. The van der Waals surface area contributed by atoms with Crippen LogP contribution < -0.4 is 11.1 Å². The fourth-order valence-corrected chi connectivity index (χ4v) is 2.18. The quantitative estimate of drug-likeness (QED) is 0.789. The normalized spacial score (nSPS) is 10.8. The van der Waals surface area contributed by atoms with E-state index in [1.165, 1.54) is 0 Å². The predicted molar refractivity (Wildman–Crippen MR) is 83.4 cm³/mol. The molecule has 1 aromatic heterocycles. The third kappa shape index (κ3) is 3.78. The fourth-order valence-electron chi connectivity index (χ4n) is 2.18. The monoisotopic (exact) mass is 287 g/mol. The van der Waals surface area contributed by atoms with E-state index in [2.05, 4.69) is 5.32 Å². The van der Waals surface area contributed by atoms with Crippen LogP contribution in [0.5, 0.6) is 5.75 Å². The number of amides is 1. The molecule has 0 fully saturated rings. The van der Waals surface area contributed by atoms with Gasteiger partial charge in [0.2, 0.25) is 0 Å². The van der Waals surface area contributed by atoms with Crippen molar-refractivity contribution in [1.29, 1.82) is 0 Å². The van der Waals surface area contributed by atoms with E-state index in [1.54, 1.807) is 24.4 Å². The minimum atomic E-state index is -0.126. The van der Waals surface area contributed by atoms with Crippen LogP contribution in [0.3, 0.4) is 0 Å². The Bertz CT molecular complexity index is 615. The summed E-state index contributed by atoms with van der Waals surface area (Å²) >= 11 is 0. The first kappa shape index (κ1) is 15.0. The number of nitrogens with two attached hydrogens (primary N) is 1. The van der Waals surface area contributed by atoms with Crippen molar-refractivity contribution in [2.24, 2.45) is 0 Å². The average Bonchev–Trinajstić information content (AvgIpc) is 2.83. The van der Waals surface area contributed by atoms with E-state index in [-0.39, 0.29) is 17.7 Å². The van der Waals surface area contributed by atoms with Gasteiger partial charge < -0.3 is 20.7 Å². The average molecular weight is 287 g/mol. The van der Waals surface area contributed by atoms with Crippen molar-refractivity contribution in [2.75, 3.05) is 12.3 Å². The van der Waals surface area contributed by atoms with E-state index in [0.717, 1.165) is 5.56 Å². The Balaban J connectivity index is 1.94. The minimum absolute atomic E-state index is 0.126. The number of aromatic nitrogens is 1. The van der Waals surface area contributed by atoms with Crippen molar-refractivity contribution >= 4 is 11.6 Å². The van der Waals surface area contributed by atoms with Crippen LogP contribution in [-0.4, -0.2) is 22.1 Å². The Labute approximate surface area is 124 Å².